The first-order valence-corrected chi connectivity index (χ1v) is 4.38. The minimum atomic E-state index is -0.772. The van der Waals surface area contributed by atoms with Gasteiger partial charge in [0.25, 0.3) is 12.5 Å². The summed E-state index contributed by atoms with van der Waals surface area (Å²) in [7, 11) is 1.47. The highest BCUT2D eigenvalue weighted by Gasteiger charge is 2.10. The van der Waals surface area contributed by atoms with Gasteiger partial charge in [-0.25, -0.2) is 0 Å². The summed E-state index contributed by atoms with van der Waals surface area (Å²) in [4.78, 5) is 20.4. The number of hydrogen-bond acceptors (Lipinski definition) is 5. The molecule has 0 atom stereocenters. The average molecular weight is 225 g/mol. The molecule has 0 saturated heterocycles. The zero-order valence-corrected chi connectivity index (χ0v) is 8.60. The molecular formula is C9H11N3O4. The van der Waals surface area contributed by atoms with Crippen LogP contribution in [0.3, 0.4) is 0 Å². The molecular weight excluding hydrogens is 214 g/mol. The molecule has 1 aromatic carbocycles. The predicted octanol–water partition coefficient (Wildman–Crippen LogP) is 0.493. The van der Waals surface area contributed by atoms with Crippen LogP contribution in [0.2, 0.25) is 0 Å². The van der Waals surface area contributed by atoms with E-state index in [0.29, 0.717) is 17.1 Å². The van der Waals surface area contributed by atoms with Gasteiger partial charge in [0.2, 0.25) is 0 Å². The van der Waals surface area contributed by atoms with E-state index in [1.165, 1.54) is 13.2 Å². The highest BCUT2D eigenvalue weighted by Crippen LogP contribution is 2.24. The summed E-state index contributed by atoms with van der Waals surface area (Å²) in [6.45, 7) is -0.772. The number of amides is 1. The Morgan fingerprint density at radius 3 is 2.81 bits per heavy atom. The van der Waals surface area contributed by atoms with E-state index >= 15 is 0 Å². The lowest BCUT2D eigenvalue weighted by molar-refractivity contribution is -0.467. The van der Waals surface area contributed by atoms with Crippen molar-refractivity contribution in [1.29, 1.82) is 0 Å². The second-order valence-corrected chi connectivity index (χ2v) is 3.00. The zero-order chi connectivity index (χ0) is 12.1. The summed E-state index contributed by atoms with van der Waals surface area (Å²) in [5, 5.41) is 12.4. The first kappa shape index (κ1) is 11.8. The van der Waals surface area contributed by atoms with Crippen molar-refractivity contribution < 1.29 is 14.5 Å². The number of rotatable bonds is 4. The van der Waals surface area contributed by atoms with Gasteiger partial charge in [-0.1, -0.05) is 0 Å². The summed E-state index contributed by atoms with van der Waals surface area (Å²) in [5.41, 5.74) is 6.34. The number of anilines is 2. The highest BCUT2D eigenvalue weighted by atomic mass is 16.6. The van der Waals surface area contributed by atoms with Gasteiger partial charge in [0, 0.05) is 10.6 Å². The Kier molecular flexibility index (Phi) is 3.65. The van der Waals surface area contributed by atoms with Gasteiger partial charge in [-0.05, 0) is 18.2 Å². The molecule has 1 amide bonds. The van der Waals surface area contributed by atoms with Gasteiger partial charge >= 0.3 is 0 Å². The van der Waals surface area contributed by atoms with Gasteiger partial charge in [0.05, 0.1) is 12.8 Å². The van der Waals surface area contributed by atoms with Crippen LogP contribution in [-0.2, 0) is 4.79 Å². The Labute approximate surface area is 91.3 Å². The number of hydrogen-bond donors (Lipinski definition) is 2. The fourth-order valence-electron chi connectivity index (χ4n) is 1.13. The molecule has 0 aliphatic heterocycles. The normalized spacial score (nSPS) is 9.56. The number of carbonyl (C=O) groups excluding carboxylic acids is 1. The number of nitrogen functional groups attached to an aromatic ring is 1. The number of ether oxygens (including phenoxy) is 1. The van der Waals surface area contributed by atoms with E-state index in [1.54, 1.807) is 12.1 Å². The van der Waals surface area contributed by atoms with Gasteiger partial charge in [-0.15, -0.1) is 0 Å². The molecule has 0 saturated carbocycles. The Balaban J connectivity index is 2.71. The average Bonchev–Trinajstić information content (AvgIpc) is 2.16. The lowest BCUT2D eigenvalue weighted by Gasteiger charge is -2.07. The van der Waals surface area contributed by atoms with E-state index in [4.69, 9.17) is 10.5 Å². The summed E-state index contributed by atoms with van der Waals surface area (Å²) < 4.78 is 4.92. The van der Waals surface area contributed by atoms with Crippen molar-refractivity contribution in [2.45, 2.75) is 0 Å². The third-order valence-electron chi connectivity index (χ3n) is 1.79. The van der Waals surface area contributed by atoms with Crippen LogP contribution in [0.5, 0.6) is 5.75 Å². The third kappa shape index (κ3) is 3.12. The number of nitrogens with one attached hydrogen (secondary N) is 1. The topological polar surface area (TPSA) is 107 Å². The molecule has 1 aromatic rings. The highest BCUT2D eigenvalue weighted by molar-refractivity contribution is 5.92. The predicted molar refractivity (Wildman–Crippen MR) is 57.9 cm³/mol. The van der Waals surface area contributed by atoms with Crippen molar-refractivity contribution in [3.05, 3.63) is 28.3 Å². The Hall–Kier alpha value is -2.31. The van der Waals surface area contributed by atoms with E-state index in [1.807, 2.05) is 0 Å². The van der Waals surface area contributed by atoms with Crippen molar-refractivity contribution in [3.8, 4) is 5.75 Å². The molecule has 0 bridgehead atoms. The first-order valence-electron chi connectivity index (χ1n) is 4.38. The van der Waals surface area contributed by atoms with E-state index in [0.717, 1.165) is 0 Å². The van der Waals surface area contributed by atoms with Crippen LogP contribution in [0, 0.1) is 10.1 Å². The molecule has 0 aliphatic rings. The first-order chi connectivity index (χ1) is 7.52. The van der Waals surface area contributed by atoms with Crippen LogP contribution in [0.4, 0.5) is 11.4 Å². The molecule has 1 rings (SSSR count). The van der Waals surface area contributed by atoms with Crippen molar-refractivity contribution in [3.63, 3.8) is 0 Å². The standard InChI is InChI=1S/C9H11N3O4/c1-16-8-3-2-6(4-7(8)10)11-9(13)5-12(14)15/h2-4H,5,10H2,1H3,(H,11,13). The minimum absolute atomic E-state index is 0.349. The zero-order valence-electron chi connectivity index (χ0n) is 8.60. The Morgan fingerprint density at radius 1 is 1.62 bits per heavy atom. The number of nitro groups is 1. The van der Waals surface area contributed by atoms with Gasteiger partial charge in [-0.3, -0.25) is 14.9 Å². The molecule has 0 aliphatic carbocycles. The molecule has 0 spiro atoms. The SMILES string of the molecule is COc1ccc(NC(=O)C[N+](=O)[O-])cc1N. The van der Waals surface area contributed by atoms with E-state index in [2.05, 4.69) is 5.32 Å². The summed E-state index contributed by atoms with van der Waals surface area (Å²) in [5.74, 6) is -0.221. The van der Waals surface area contributed by atoms with Gasteiger partial charge in [0.15, 0.2) is 0 Å². The second-order valence-electron chi connectivity index (χ2n) is 3.00. The molecule has 7 nitrogen and oxygen atoms in total. The van der Waals surface area contributed by atoms with Crippen LogP contribution in [0.25, 0.3) is 0 Å². The van der Waals surface area contributed by atoms with Gasteiger partial charge in [0.1, 0.15) is 5.75 Å². The Bertz CT molecular complexity index is 419. The quantitative estimate of drug-likeness (QED) is 0.440. The molecule has 0 unspecified atom stereocenters. The number of benzene rings is 1. The lowest BCUT2D eigenvalue weighted by atomic mass is 10.2. The minimum Gasteiger partial charge on any atom is -0.495 e. The van der Waals surface area contributed by atoms with Crippen molar-refractivity contribution in [2.75, 3.05) is 24.7 Å². The van der Waals surface area contributed by atoms with Crippen molar-refractivity contribution in [1.82, 2.24) is 0 Å². The molecule has 0 heterocycles. The maximum atomic E-state index is 11.1. The summed E-state index contributed by atoms with van der Waals surface area (Å²) in [6, 6.07) is 4.58. The van der Waals surface area contributed by atoms with Crippen LogP contribution in [0.15, 0.2) is 18.2 Å². The van der Waals surface area contributed by atoms with Crippen LogP contribution in [0.1, 0.15) is 0 Å². The molecule has 86 valence electrons. The third-order valence-corrected chi connectivity index (χ3v) is 1.79. The van der Waals surface area contributed by atoms with E-state index < -0.39 is 17.4 Å². The van der Waals surface area contributed by atoms with Crippen LogP contribution in [-0.4, -0.2) is 24.5 Å². The van der Waals surface area contributed by atoms with Crippen molar-refractivity contribution >= 4 is 17.3 Å². The maximum Gasteiger partial charge on any atom is 0.296 e. The molecule has 7 heteroatoms. The van der Waals surface area contributed by atoms with Crippen LogP contribution >= 0.6 is 0 Å². The number of methoxy groups -OCH3 is 1. The molecule has 0 aromatic heterocycles. The Morgan fingerprint density at radius 2 is 2.31 bits per heavy atom. The number of nitrogens with zero attached hydrogens (tertiary/aromatic N) is 1. The van der Waals surface area contributed by atoms with E-state index in [9.17, 15) is 14.9 Å². The molecule has 0 fully saturated rings. The molecule has 3 N–H and O–H groups in total. The second kappa shape index (κ2) is 4.96. The monoisotopic (exact) mass is 225 g/mol. The smallest absolute Gasteiger partial charge is 0.296 e. The molecule has 16 heavy (non-hydrogen) atoms. The van der Waals surface area contributed by atoms with Gasteiger partial charge in [-0.2, -0.15) is 0 Å². The largest absolute Gasteiger partial charge is 0.495 e. The summed E-state index contributed by atoms with van der Waals surface area (Å²) in [6.07, 6.45) is 0. The molecule has 0 radical (unpaired) electrons. The van der Waals surface area contributed by atoms with Crippen molar-refractivity contribution in [2.24, 2.45) is 0 Å². The lowest BCUT2D eigenvalue weighted by Crippen LogP contribution is -2.21. The van der Waals surface area contributed by atoms with E-state index in [-0.39, 0.29) is 0 Å². The number of carbonyl (C=O) groups is 1. The fraction of sp³-hybridized carbons (Fsp3) is 0.222. The summed E-state index contributed by atoms with van der Waals surface area (Å²) >= 11 is 0. The number of nitrogens with two attached hydrogens (primary N) is 1. The van der Waals surface area contributed by atoms with Gasteiger partial charge < -0.3 is 15.8 Å². The van der Waals surface area contributed by atoms with Crippen LogP contribution < -0.4 is 15.8 Å². The maximum absolute atomic E-state index is 11.1. The fourth-order valence-corrected chi connectivity index (χ4v) is 1.13.